The number of amides is 3. The van der Waals surface area contributed by atoms with Crippen LogP contribution in [-0.4, -0.2) is 37.0 Å². The van der Waals surface area contributed by atoms with Crippen LogP contribution < -0.4 is 5.32 Å². The third kappa shape index (κ3) is 2.02. The molecule has 1 fully saturated rings. The molecule has 8 heteroatoms. The van der Waals surface area contributed by atoms with Crippen molar-refractivity contribution in [3.63, 3.8) is 0 Å². The van der Waals surface area contributed by atoms with Gasteiger partial charge in [0.15, 0.2) is 5.82 Å². The first-order chi connectivity index (χ1) is 11.7. The highest BCUT2D eigenvalue weighted by Gasteiger charge is 2.55. The Hall–Kier alpha value is -2.77. The lowest BCUT2D eigenvalue weighted by Gasteiger charge is -2.22. The lowest BCUT2D eigenvalue weighted by atomic mass is 9.92. The van der Waals surface area contributed by atoms with Gasteiger partial charge in [0.25, 0.3) is 5.91 Å². The summed E-state index contributed by atoms with van der Waals surface area (Å²) >= 11 is 0. The van der Waals surface area contributed by atoms with Crippen molar-refractivity contribution in [3.8, 4) is 0 Å². The van der Waals surface area contributed by atoms with Gasteiger partial charge in [-0.2, -0.15) is 0 Å². The van der Waals surface area contributed by atoms with Crippen molar-refractivity contribution in [3.05, 3.63) is 41.2 Å². The number of aromatic nitrogens is 4. The second kappa shape index (κ2) is 5.40. The number of hydrogen-bond donors (Lipinski definition) is 1. The zero-order chi connectivity index (χ0) is 16.7. The van der Waals surface area contributed by atoms with E-state index in [1.165, 1.54) is 4.90 Å². The molecule has 1 spiro atoms. The van der Waals surface area contributed by atoms with E-state index in [0.29, 0.717) is 18.8 Å². The van der Waals surface area contributed by atoms with Gasteiger partial charge in [-0.25, -0.2) is 9.48 Å². The summed E-state index contributed by atoms with van der Waals surface area (Å²) < 4.78 is 1.63. The molecular formula is C16H18N6O2. The van der Waals surface area contributed by atoms with Crippen molar-refractivity contribution < 1.29 is 9.59 Å². The standard InChI is InChI=1S/C16H18N6O2/c1-2-9-22-13(18-19-20-22)10-21-14(23)16(17-15(21)24)8-7-11-5-3-4-6-12(11)16/h3-6H,2,7-10H2,1H3,(H,17,24)/t16-/m0/s1. The molecule has 1 aliphatic carbocycles. The van der Waals surface area contributed by atoms with Crippen molar-refractivity contribution in [2.45, 2.75) is 44.8 Å². The van der Waals surface area contributed by atoms with Crippen LogP contribution in [0.2, 0.25) is 0 Å². The molecule has 0 bridgehead atoms. The fourth-order valence-corrected chi connectivity index (χ4v) is 3.60. The van der Waals surface area contributed by atoms with Gasteiger partial charge >= 0.3 is 6.03 Å². The molecule has 124 valence electrons. The fraction of sp³-hybridized carbons (Fsp3) is 0.438. The van der Waals surface area contributed by atoms with Crippen LogP contribution >= 0.6 is 0 Å². The number of carbonyl (C=O) groups is 2. The predicted molar refractivity (Wildman–Crippen MR) is 83.6 cm³/mol. The lowest BCUT2D eigenvalue weighted by Crippen LogP contribution is -2.41. The van der Waals surface area contributed by atoms with E-state index in [1.54, 1.807) is 4.68 Å². The number of urea groups is 1. The Morgan fingerprint density at radius 1 is 1.29 bits per heavy atom. The summed E-state index contributed by atoms with van der Waals surface area (Å²) in [5, 5.41) is 14.4. The third-order valence-electron chi connectivity index (χ3n) is 4.76. The number of fused-ring (bicyclic) bond motifs is 2. The number of carbonyl (C=O) groups excluding carboxylic acids is 2. The van der Waals surface area contributed by atoms with Crippen LogP contribution in [0.4, 0.5) is 4.79 Å². The summed E-state index contributed by atoms with van der Waals surface area (Å²) in [5.74, 6) is 0.298. The summed E-state index contributed by atoms with van der Waals surface area (Å²) in [6, 6.07) is 7.40. The molecule has 0 unspecified atom stereocenters. The number of nitrogens with zero attached hydrogens (tertiary/aromatic N) is 5. The van der Waals surface area contributed by atoms with Gasteiger partial charge in [-0.15, -0.1) is 5.10 Å². The first kappa shape index (κ1) is 14.8. The zero-order valence-electron chi connectivity index (χ0n) is 13.4. The molecule has 1 aliphatic heterocycles. The normalized spacial score (nSPS) is 22.3. The number of nitrogens with one attached hydrogen (secondary N) is 1. The Labute approximate surface area is 138 Å². The van der Waals surface area contributed by atoms with Crippen LogP contribution in [0.15, 0.2) is 24.3 Å². The minimum Gasteiger partial charge on any atom is -0.319 e. The van der Waals surface area contributed by atoms with Gasteiger partial charge in [0.2, 0.25) is 0 Å². The second-order valence-corrected chi connectivity index (χ2v) is 6.20. The molecule has 4 rings (SSSR count). The van der Waals surface area contributed by atoms with Crippen LogP contribution in [0.5, 0.6) is 0 Å². The number of imide groups is 1. The Morgan fingerprint density at radius 2 is 2.12 bits per heavy atom. The van der Waals surface area contributed by atoms with Crippen LogP contribution in [0.3, 0.4) is 0 Å². The van der Waals surface area contributed by atoms with Gasteiger partial charge < -0.3 is 5.32 Å². The molecule has 24 heavy (non-hydrogen) atoms. The molecule has 1 aromatic carbocycles. The van der Waals surface area contributed by atoms with Gasteiger partial charge in [-0.3, -0.25) is 9.69 Å². The van der Waals surface area contributed by atoms with E-state index < -0.39 is 5.54 Å². The summed E-state index contributed by atoms with van der Waals surface area (Å²) in [6.45, 7) is 2.76. The van der Waals surface area contributed by atoms with Crippen molar-refractivity contribution in [2.75, 3.05) is 0 Å². The molecule has 1 aromatic heterocycles. The molecule has 0 saturated carbocycles. The van der Waals surface area contributed by atoms with Gasteiger partial charge in [-0.1, -0.05) is 31.2 Å². The van der Waals surface area contributed by atoms with Crippen LogP contribution in [0.1, 0.15) is 36.7 Å². The van der Waals surface area contributed by atoms with E-state index in [2.05, 4.69) is 20.8 Å². The minimum atomic E-state index is -0.934. The van der Waals surface area contributed by atoms with Gasteiger partial charge in [-0.05, 0) is 40.8 Å². The van der Waals surface area contributed by atoms with Crippen molar-refractivity contribution in [2.24, 2.45) is 0 Å². The monoisotopic (exact) mass is 326 g/mol. The second-order valence-electron chi connectivity index (χ2n) is 6.20. The molecule has 1 saturated heterocycles. The molecule has 2 aliphatic rings. The molecule has 0 radical (unpaired) electrons. The predicted octanol–water partition coefficient (Wildman–Crippen LogP) is 0.977. The molecule has 1 N–H and O–H groups in total. The van der Waals surface area contributed by atoms with E-state index in [1.807, 2.05) is 31.2 Å². The number of aryl methyl sites for hydroxylation is 2. The number of rotatable bonds is 4. The first-order valence-corrected chi connectivity index (χ1v) is 8.13. The van der Waals surface area contributed by atoms with Gasteiger partial charge in [0.1, 0.15) is 5.54 Å². The van der Waals surface area contributed by atoms with E-state index in [0.717, 1.165) is 24.0 Å². The average molecular weight is 326 g/mol. The third-order valence-corrected chi connectivity index (χ3v) is 4.76. The molecule has 1 atom stereocenters. The number of tetrazole rings is 1. The Bertz CT molecular complexity index is 816. The summed E-state index contributed by atoms with van der Waals surface area (Å²) in [6.07, 6.45) is 2.24. The van der Waals surface area contributed by atoms with E-state index in [-0.39, 0.29) is 18.5 Å². The van der Waals surface area contributed by atoms with Gasteiger partial charge in [0.05, 0.1) is 6.54 Å². The van der Waals surface area contributed by atoms with Gasteiger partial charge in [0, 0.05) is 6.54 Å². The number of benzene rings is 1. The molecule has 8 nitrogen and oxygen atoms in total. The highest BCUT2D eigenvalue weighted by atomic mass is 16.2. The highest BCUT2D eigenvalue weighted by molar-refractivity contribution is 6.08. The molecule has 2 aromatic rings. The Morgan fingerprint density at radius 3 is 2.96 bits per heavy atom. The Kier molecular flexibility index (Phi) is 3.33. The first-order valence-electron chi connectivity index (χ1n) is 8.13. The smallest absolute Gasteiger partial charge is 0.319 e. The van der Waals surface area contributed by atoms with E-state index in [4.69, 9.17) is 0 Å². The maximum Gasteiger partial charge on any atom is 0.325 e. The topological polar surface area (TPSA) is 93.0 Å². The minimum absolute atomic E-state index is 0.0849. The fourth-order valence-electron chi connectivity index (χ4n) is 3.60. The highest BCUT2D eigenvalue weighted by Crippen LogP contribution is 2.41. The molecular weight excluding hydrogens is 308 g/mol. The van der Waals surface area contributed by atoms with Crippen molar-refractivity contribution >= 4 is 11.9 Å². The summed E-state index contributed by atoms with van der Waals surface area (Å²) in [7, 11) is 0. The van der Waals surface area contributed by atoms with Crippen molar-refractivity contribution in [1.29, 1.82) is 0 Å². The largest absolute Gasteiger partial charge is 0.325 e. The van der Waals surface area contributed by atoms with Crippen LogP contribution in [0.25, 0.3) is 0 Å². The van der Waals surface area contributed by atoms with Crippen LogP contribution in [0, 0.1) is 0 Å². The molecule has 3 amide bonds. The maximum atomic E-state index is 13.1. The van der Waals surface area contributed by atoms with E-state index >= 15 is 0 Å². The molecule has 2 heterocycles. The summed E-state index contributed by atoms with van der Waals surface area (Å²) in [4.78, 5) is 26.8. The van der Waals surface area contributed by atoms with E-state index in [9.17, 15) is 9.59 Å². The summed E-state index contributed by atoms with van der Waals surface area (Å²) in [5.41, 5.74) is 1.08. The maximum absolute atomic E-state index is 13.1. The quantitative estimate of drug-likeness (QED) is 0.845. The average Bonchev–Trinajstić information content (AvgIpc) is 3.24. The van der Waals surface area contributed by atoms with Crippen molar-refractivity contribution in [1.82, 2.24) is 30.4 Å². The SMILES string of the molecule is CCCn1nnnc1CN1C(=O)N[C@]2(CCc3ccccc32)C1=O. The zero-order valence-corrected chi connectivity index (χ0v) is 13.4. The Balaban J connectivity index is 1.64. The lowest BCUT2D eigenvalue weighted by molar-refractivity contribution is -0.132. The number of hydrogen-bond acceptors (Lipinski definition) is 5. The van der Waals surface area contributed by atoms with Crippen LogP contribution in [-0.2, 0) is 29.8 Å².